The average molecular weight is 298 g/mol. The molecule has 1 aliphatic rings. The van der Waals surface area contributed by atoms with Gasteiger partial charge in [0.15, 0.2) is 11.5 Å². The smallest absolute Gasteiger partial charge is 0.290 e. The molecule has 0 atom stereocenters. The largest absolute Gasteiger partial charge is 0.461 e. The maximum absolute atomic E-state index is 12.5. The van der Waals surface area contributed by atoms with Crippen LogP contribution in [0.5, 0.6) is 0 Å². The van der Waals surface area contributed by atoms with Crippen LogP contribution in [0.25, 0.3) is 11.5 Å². The summed E-state index contributed by atoms with van der Waals surface area (Å²) in [4.78, 5) is 14.3. The van der Waals surface area contributed by atoms with E-state index in [1.54, 1.807) is 41.5 Å². The van der Waals surface area contributed by atoms with E-state index in [0.29, 0.717) is 29.5 Å². The van der Waals surface area contributed by atoms with Crippen LogP contribution < -0.4 is 0 Å². The standard InChI is InChI=1S/C16H14N2O4/c19-16(14-4-2-8-21-14)18(12-5-6-12)10-11-9-15(22-17-11)13-3-1-7-20-13/h1-4,7-9,12H,5-6,10H2. The summed E-state index contributed by atoms with van der Waals surface area (Å²) in [6.45, 7) is 0.397. The molecule has 1 saturated carbocycles. The third-order valence-electron chi connectivity index (χ3n) is 3.64. The molecule has 0 N–H and O–H groups in total. The third kappa shape index (κ3) is 2.43. The molecule has 22 heavy (non-hydrogen) atoms. The molecule has 0 aromatic carbocycles. The summed E-state index contributed by atoms with van der Waals surface area (Å²) in [6, 6.07) is 9.02. The highest BCUT2D eigenvalue weighted by molar-refractivity contribution is 5.91. The number of hydrogen-bond donors (Lipinski definition) is 0. The number of aromatic nitrogens is 1. The molecule has 1 fully saturated rings. The third-order valence-corrected chi connectivity index (χ3v) is 3.64. The number of amides is 1. The molecule has 0 aliphatic heterocycles. The van der Waals surface area contributed by atoms with Gasteiger partial charge in [0.2, 0.25) is 5.76 Å². The van der Waals surface area contributed by atoms with E-state index in [2.05, 4.69) is 5.16 Å². The molecule has 0 unspecified atom stereocenters. The van der Waals surface area contributed by atoms with Gasteiger partial charge in [0.05, 0.1) is 19.1 Å². The summed E-state index contributed by atoms with van der Waals surface area (Å²) in [5, 5.41) is 4.03. The second kappa shape index (κ2) is 5.22. The molecule has 112 valence electrons. The minimum Gasteiger partial charge on any atom is -0.461 e. The molecular formula is C16H14N2O4. The first-order valence-corrected chi connectivity index (χ1v) is 7.15. The van der Waals surface area contributed by atoms with Gasteiger partial charge < -0.3 is 18.3 Å². The van der Waals surface area contributed by atoms with Crippen LogP contribution in [-0.2, 0) is 6.54 Å². The normalized spacial score (nSPS) is 14.2. The molecule has 0 saturated heterocycles. The summed E-state index contributed by atoms with van der Waals surface area (Å²) in [7, 11) is 0. The Labute approximate surface area is 126 Å². The Balaban J connectivity index is 1.54. The van der Waals surface area contributed by atoms with Crippen LogP contribution >= 0.6 is 0 Å². The monoisotopic (exact) mass is 298 g/mol. The van der Waals surface area contributed by atoms with Gasteiger partial charge in [-0.1, -0.05) is 5.16 Å². The minimum atomic E-state index is -0.116. The first-order chi connectivity index (χ1) is 10.8. The number of carbonyl (C=O) groups excluding carboxylic acids is 1. The molecule has 6 heteroatoms. The SMILES string of the molecule is O=C(c1ccco1)N(Cc1cc(-c2ccco2)on1)C1CC1. The van der Waals surface area contributed by atoms with Crippen molar-refractivity contribution >= 4 is 5.91 Å². The highest BCUT2D eigenvalue weighted by Gasteiger charge is 2.34. The Morgan fingerprint density at radius 3 is 2.68 bits per heavy atom. The predicted octanol–water partition coefficient (Wildman–Crippen LogP) is 3.33. The fourth-order valence-electron chi connectivity index (χ4n) is 2.39. The Kier molecular flexibility index (Phi) is 3.07. The molecule has 3 aromatic rings. The highest BCUT2D eigenvalue weighted by atomic mass is 16.5. The zero-order valence-electron chi connectivity index (χ0n) is 11.8. The van der Waals surface area contributed by atoms with Crippen molar-refractivity contribution in [3.63, 3.8) is 0 Å². The van der Waals surface area contributed by atoms with Gasteiger partial charge in [-0.3, -0.25) is 4.79 Å². The van der Waals surface area contributed by atoms with Crippen molar-refractivity contribution in [1.29, 1.82) is 0 Å². The van der Waals surface area contributed by atoms with Gasteiger partial charge in [-0.05, 0) is 37.1 Å². The number of hydrogen-bond acceptors (Lipinski definition) is 5. The topological polar surface area (TPSA) is 72.6 Å². The summed E-state index contributed by atoms with van der Waals surface area (Å²) in [5.41, 5.74) is 0.693. The Bertz CT molecular complexity index is 754. The van der Waals surface area contributed by atoms with Crippen molar-refractivity contribution in [3.05, 3.63) is 54.3 Å². The summed E-state index contributed by atoms with van der Waals surface area (Å²) in [6.07, 6.45) is 5.10. The van der Waals surface area contributed by atoms with Crippen molar-refractivity contribution in [2.75, 3.05) is 0 Å². The van der Waals surface area contributed by atoms with Crippen LogP contribution in [0.15, 0.2) is 56.2 Å². The van der Waals surface area contributed by atoms with Crippen molar-refractivity contribution in [2.24, 2.45) is 0 Å². The molecule has 0 spiro atoms. The molecular weight excluding hydrogens is 284 g/mol. The van der Waals surface area contributed by atoms with Crippen LogP contribution in [-0.4, -0.2) is 22.0 Å². The van der Waals surface area contributed by atoms with Gasteiger partial charge in [-0.2, -0.15) is 0 Å². The van der Waals surface area contributed by atoms with Crippen LogP contribution in [0.4, 0.5) is 0 Å². The second-order valence-corrected chi connectivity index (χ2v) is 5.30. The van der Waals surface area contributed by atoms with Crippen molar-refractivity contribution < 1.29 is 18.2 Å². The van der Waals surface area contributed by atoms with Gasteiger partial charge >= 0.3 is 0 Å². The van der Waals surface area contributed by atoms with Gasteiger partial charge in [0, 0.05) is 12.1 Å². The van der Waals surface area contributed by atoms with Gasteiger partial charge in [-0.25, -0.2) is 0 Å². The number of carbonyl (C=O) groups is 1. The molecule has 6 nitrogen and oxygen atoms in total. The van der Waals surface area contributed by atoms with E-state index in [1.165, 1.54) is 6.26 Å². The zero-order chi connectivity index (χ0) is 14.9. The Morgan fingerprint density at radius 2 is 2.00 bits per heavy atom. The molecule has 1 amide bonds. The van der Waals surface area contributed by atoms with Gasteiger partial charge in [0.25, 0.3) is 5.91 Å². The molecule has 0 bridgehead atoms. The molecule has 4 rings (SSSR count). The summed E-state index contributed by atoms with van der Waals surface area (Å²) >= 11 is 0. The van der Waals surface area contributed by atoms with Crippen molar-refractivity contribution in [3.8, 4) is 11.5 Å². The first-order valence-electron chi connectivity index (χ1n) is 7.15. The molecule has 0 radical (unpaired) electrons. The quantitative estimate of drug-likeness (QED) is 0.722. The Morgan fingerprint density at radius 1 is 1.18 bits per heavy atom. The minimum absolute atomic E-state index is 0.116. The van der Waals surface area contributed by atoms with E-state index in [4.69, 9.17) is 13.4 Å². The van der Waals surface area contributed by atoms with E-state index in [-0.39, 0.29) is 11.9 Å². The first kappa shape index (κ1) is 12.9. The fraction of sp³-hybridized carbons (Fsp3) is 0.250. The summed E-state index contributed by atoms with van der Waals surface area (Å²) < 4.78 is 15.8. The van der Waals surface area contributed by atoms with Gasteiger partial charge in [-0.15, -0.1) is 0 Å². The van der Waals surface area contributed by atoms with E-state index < -0.39 is 0 Å². The number of rotatable bonds is 5. The lowest BCUT2D eigenvalue weighted by Crippen LogP contribution is -2.32. The van der Waals surface area contributed by atoms with Crippen molar-refractivity contribution in [2.45, 2.75) is 25.4 Å². The number of furan rings is 2. The average Bonchev–Trinajstić information content (AvgIpc) is 3.01. The lowest BCUT2D eigenvalue weighted by molar-refractivity contribution is 0.0693. The van der Waals surface area contributed by atoms with Crippen LogP contribution in [0.3, 0.4) is 0 Å². The number of nitrogens with zero attached hydrogens (tertiary/aromatic N) is 2. The lowest BCUT2D eigenvalue weighted by atomic mass is 10.2. The van der Waals surface area contributed by atoms with Crippen LogP contribution in [0, 0.1) is 0 Å². The molecule has 3 aromatic heterocycles. The van der Waals surface area contributed by atoms with Gasteiger partial charge in [0.1, 0.15) is 5.69 Å². The Hall–Kier alpha value is -2.76. The second-order valence-electron chi connectivity index (χ2n) is 5.30. The highest BCUT2D eigenvalue weighted by Crippen LogP contribution is 2.30. The fourth-order valence-corrected chi connectivity index (χ4v) is 2.39. The van der Waals surface area contributed by atoms with E-state index >= 15 is 0 Å². The lowest BCUT2D eigenvalue weighted by Gasteiger charge is -2.19. The maximum atomic E-state index is 12.5. The maximum Gasteiger partial charge on any atom is 0.290 e. The predicted molar refractivity (Wildman–Crippen MR) is 75.8 cm³/mol. The van der Waals surface area contributed by atoms with Crippen LogP contribution in [0.1, 0.15) is 29.1 Å². The van der Waals surface area contributed by atoms with Crippen LogP contribution in [0.2, 0.25) is 0 Å². The summed E-state index contributed by atoms with van der Waals surface area (Å²) in [5.74, 6) is 1.41. The van der Waals surface area contributed by atoms with Crippen molar-refractivity contribution in [1.82, 2.24) is 10.1 Å². The molecule has 3 heterocycles. The van der Waals surface area contributed by atoms with E-state index in [0.717, 1.165) is 12.8 Å². The van der Waals surface area contributed by atoms with E-state index in [1.807, 2.05) is 0 Å². The molecule has 1 aliphatic carbocycles. The van der Waals surface area contributed by atoms with E-state index in [9.17, 15) is 4.79 Å². The zero-order valence-corrected chi connectivity index (χ0v) is 11.8.